The van der Waals surface area contributed by atoms with E-state index in [1.54, 1.807) is 30.5 Å². The first kappa shape index (κ1) is 23.0. The number of nitrogens with zero attached hydrogens (tertiary/aromatic N) is 4. The molecule has 35 heavy (non-hydrogen) atoms. The molecule has 2 aromatic carbocycles. The molecule has 9 heteroatoms. The Morgan fingerprint density at radius 2 is 1.97 bits per heavy atom. The number of hydrogen-bond acceptors (Lipinski definition) is 6. The zero-order valence-electron chi connectivity index (χ0n) is 19.1. The Bertz CT molecular complexity index is 1430. The van der Waals surface area contributed by atoms with Gasteiger partial charge >= 0.3 is 0 Å². The second kappa shape index (κ2) is 9.85. The third kappa shape index (κ3) is 4.89. The van der Waals surface area contributed by atoms with Crippen LogP contribution in [0.3, 0.4) is 0 Å². The third-order valence-corrected chi connectivity index (χ3v) is 6.31. The molecular weight excluding hydrogens is 466 g/mol. The lowest BCUT2D eigenvalue weighted by Crippen LogP contribution is -2.38. The van der Waals surface area contributed by atoms with Crippen LogP contribution >= 0.6 is 11.6 Å². The smallest absolute Gasteiger partial charge is 0.258 e. The van der Waals surface area contributed by atoms with E-state index in [4.69, 9.17) is 16.0 Å². The lowest BCUT2D eigenvalue weighted by atomic mass is 10.0. The average molecular weight is 490 g/mol. The predicted molar refractivity (Wildman–Crippen MR) is 134 cm³/mol. The SMILES string of the molecule is CCN(CC(=O)N1N=C(c2ccc(Cl)cc2)C[C@H]1c1ccco1)Cc1nc2ccccc2c(=O)[nH]1. The second-order valence-electron chi connectivity index (χ2n) is 8.36. The van der Waals surface area contributed by atoms with Gasteiger partial charge in [-0.15, -0.1) is 0 Å². The van der Waals surface area contributed by atoms with Gasteiger partial charge in [0.1, 0.15) is 17.6 Å². The molecule has 0 aliphatic carbocycles. The molecule has 1 N–H and O–H groups in total. The van der Waals surface area contributed by atoms with Gasteiger partial charge in [0.2, 0.25) is 0 Å². The van der Waals surface area contributed by atoms with Gasteiger partial charge in [0, 0.05) is 11.4 Å². The number of nitrogens with one attached hydrogen (secondary N) is 1. The molecule has 1 amide bonds. The van der Waals surface area contributed by atoms with Gasteiger partial charge in [-0.25, -0.2) is 9.99 Å². The number of H-pyrrole nitrogens is 1. The topological polar surface area (TPSA) is 94.8 Å². The Balaban J connectivity index is 1.37. The molecule has 0 spiro atoms. The van der Waals surface area contributed by atoms with Crippen molar-refractivity contribution in [2.45, 2.75) is 25.9 Å². The number of likely N-dealkylation sites (N-methyl/N-ethyl adjacent to an activating group) is 1. The Hall–Kier alpha value is -3.75. The predicted octanol–water partition coefficient (Wildman–Crippen LogP) is 4.37. The number of hydrogen-bond donors (Lipinski definition) is 1. The first-order valence-electron chi connectivity index (χ1n) is 11.4. The molecule has 1 atom stereocenters. The van der Waals surface area contributed by atoms with Crippen LogP contribution in [0.2, 0.25) is 5.02 Å². The number of halogens is 1. The van der Waals surface area contributed by atoms with E-state index in [-0.39, 0.29) is 24.1 Å². The van der Waals surface area contributed by atoms with Gasteiger partial charge in [0.25, 0.3) is 11.5 Å². The van der Waals surface area contributed by atoms with Crippen LogP contribution in [-0.2, 0) is 11.3 Å². The van der Waals surface area contributed by atoms with Crippen LogP contribution in [0.4, 0.5) is 0 Å². The van der Waals surface area contributed by atoms with E-state index < -0.39 is 0 Å². The molecule has 1 aliphatic rings. The molecule has 1 aliphatic heterocycles. The van der Waals surface area contributed by atoms with E-state index in [0.717, 1.165) is 11.3 Å². The third-order valence-electron chi connectivity index (χ3n) is 6.06. The molecule has 0 radical (unpaired) electrons. The summed E-state index contributed by atoms with van der Waals surface area (Å²) in [4.78, 5) is 35.2. The Labute approximate surface area is 206 Å². The number of aromatic amines is 1. The summed E-state index contributed by atoms with van der Waals surface area (Å²) in [7, 11) is 0. The summed E-state index contributed by atoms with van der Waals surface area (Å²) in [6, 6.07) is 17.9. The maximum absolute atomic E-state index is 13.4. The summed E-state index contributed by atoms with van der Waals surface area (Å²) in [6.45, 7) is 3.00. The number of carbonyl (C=O) groups is 1. The van der Waals surface area contributed by atoms with Crippen LogP contribution in [0.15, 0.2) is 81.2 Å². The molecule has 0 fully saturated rings. The van der Waals surface area contributed by atoms with Gasteiger partial charge < -0.3 is 9.40 Å². The van der Waals surface area contributed by atoms with E-state index in [9.17, 15) is 9.59 Å². The Kier molecular flexibility index (Phi) is 6.48. The van der Waals surface area contributed by atoms with Gasteiger partial charge in [0.05, 0.1) is 36.0 Å². The van der Waals surface area contributed by atoms with E-state index >= 15 is 0 Å². The number of benzene rings is 2. The van der Waals surface area contributed by atoms with Crippen molar-refractivity contribution in [3.05, 3.63) is 99.5 Å². The highest BCUT2D eigenvalue weighted by atomic mass is 35.5. The first-order chi connectivity index (χ1) is 17.0. The Morgan fingerprint density at radius 3 is 2.71 bits per heavy atom. The number of hydrazone groups is 1. The number of rotatable bonds is 7. The van der Waals surface area contributed by atoms with Crippen molar-refractivity contribution in [3.63, 3.8) is 0 Å². The van der Waals surface area contributed by atoms with Crippen LogP contribution in [0, 0.1) is 0 Å². The van der Waals surface area contributed by atoms with Gasteiger partial charge in [-0.05, 0) is 48.5 Å². The molecular formula is C26H24ClN5O3. The fraction of sp³-hybridized carbons (Fsp3) is 0.231. The number of aromatic nitrogens is 2. The van der Waals surface area contributed by atoms with Gasteiger partial charge in [-0.2, -0.15) is 5.10 Å². The molecule has 178 valence electrons. The van der Waals surface area contributed by atoms with Crippen molar-refractivity contribution in [2.75, 3.05) is 13.1 Å². The lowest BCUT2D eigenvalue weighted by molar-refractivity contribution is -0.134. The van der Waals surface area contributed by atoms with E-state index in [1.807, 2.05) is 48.2 Å². The minimum atomic E-state index is -0.333. The van der Waals surface area contributed by atoms with Gasteiger partial charge in [-0.3, -0.25) is 14.5 Å². The van der Waals surface area contributed by atoms with Crippen LogP contribution < -0.4 is 5.56 Å². The number of para-hydroxylation sites is 1. The lowest BCUT2D eigenvalue weighted by Gasteiger charge is -2.24. The maximum Gasteiger partial charge on any atom is 0.258 e. The van der Waals surface area contributed by atoms with Crippen molar-refractivity contribution in [3.8, 4) is 0 Å². The number of carbonyl (C=O) groups excluding carboxylic acids is 1. The molecule has 0 saturated heterocycles. The highest BCUT2D eigenvalue weighted by Crippen LogP contribution is 2.33. The van der Waals surface area contributed by atoms with Crippen molar-refractivity contribution in [1.29, 1.82) is 0 Å². The molecule has 3 heterocycles. The fourth-order valence-electron chi connectivity index (χ4n) is 4.22. The van der Waals surface area contributed by atoms with Gasteiger partial charge in [-0.1, -0.05) is 42.8 Å². The molecule has 0 unspecified atom stereocenters. The summed E-state index contributed by atoms with van der Waals surface area (Å²) in [5.41, 5.74) is 2.14. The molecule has 0 bridgehead atoms. The minimum absolute atomic E-state index is 0.113. The quantitative estimate of drug-likeness (QED) is 0.416. The normalized spacial score (nSPS) is 15.7. The average Bonchev–Trinajstić information content (AvgIpc) is 3.54. The highest BCUT2D eigenvalue weighted by Gasteiger charge is 2.35. The highest BCUT2D eigenvalue weighted by molar-refractivity contribution is 6.30. The molecule has 0 saturated carbocycles. The zero-order chi connectivity index (χ0) is 24.4. The van der Waals surface area contributed by atoms with Crippen molar-refractivity contribution in [2.24, 2.45) is 5.10 Å². The van der Waals surface area contributed by atoms with Gasteiger partial charge in [0.15, 0.2) is 0 Å². The summed E-state index contributed by atoms with van der Waals surface area (Å²) in [6.07, 6.45) is 2.13. The van der Waals surface area contributed by atoms with E-state index in [1.165, 1.54) is 5.01 Å². The second-order valence-corrected chi connectivity index (χ2v) is 8.80. The van der Waals surface area contributed by atoms with Crippen molar-refractivity contribution >= 4 is 34.1 Å². The number of furan rings is 1. The van der Waals surface area contributed by atoms with Crippen LogP contribution in [0.25, 0.3) is 10.9 Å². The Morgan fingerprint density at radius 1 is 1.17 bits per heavy atom. The summed E-state index contributed by atoms with van der Waals surface area (Å²) in [5, 5.41) is 7.35. The summed E-state index contributed by atoms with van der Waals surface area (Å²) in [5.74, 6) is 1.02. The van der Waals surface area contributed by atoms with Crippen molar-refractivity contribution < 1.29 is 9.21 Å². The molecule has 8 nitrogen and oxygen atoms in total. The monoisotopic (exact) mass is 489 g/mol. The summed E-state index contributed by atoms with van der Waals surface area (Å²) >= 11 is 6.04. The summed E-state index contributed by atoms with van der Waals surface area (Å²) < 4.78 is 5.63. The van der Waals surface area contributed by atoms with E-state index in [2.05, 4.69) is 15.1 Å². The zero-order valence-corrected chi connectivity index (χ0v) is 19.9. The number of fused-ring (bicyclic) bond motifs is 1. The standard InChI is InChI=1S/C26H24ClN5O3/c1-2-31(15-24-28-20-7-4-3-6-19(20)26(34)29-24)16-25(33)32-22(23-8-5-13-35-23)14-21(30-32)17-9-11-18(27)12-10-17/h3-13,22H,2,14-16H2,1H3,(H,28,29,34)/t22-/m0/s1. The molecule has 2 aromatic heterocycles. The van der Waals surface area contributed by atoms with Crippen LogP contribution in [0.1, 0.15) is 36.5 Å². The van der Waals surface area contributed by atoms with Crippen LogP contribution in [0.5, 0.6) is 0 Å². The molecule has 4 aromatic rings. The van der Waals surface area contributed by atoms with Crippen molar-refractivity contribution in [1.82, 2.24) is 19.9 Å². The largest absolute Gasteiger partial charge is 0.467 e. The molecule has 5 rings (SSSR count). The number of amides is 1. The first-order valence-corrected chi connectivity index (χ1v) is 11.8. The fourth-order valence-corrected chi connectivity index (χ4v) is 4.35. The van der Waals surface area contributed by atoms with Crippen LogP contribution in [-0.4, -0.2) is 44.6 Å². The maximum atomic E-state index is 13.4. The minimum Gasteiger partial charge on any atom is -0.467 e. The van der Waals surface area contributed by atoms with E-state index in [0.29, 0.717) is 47.0 Å².